The molecule has 2 amide bonds. The largest absolute Gasteiger partial charge is 0.352 e. The second kappa shape index (κ2) is 13.8. The van der Waals surface area contributed by atoms with Gasteiger partial charge in [-0.3, -0.25) is 9.59 Å². The normalized spacial score (nSPS) is 12.6. The van der Waals surface area contributed by atoms with E-state index in [1.54, 1.807) is 23.1 Å². The standard InChI is InChI=1S/C30H35FN2O2S/c1-4-23(3)32-30(35)28(18-24-10-6-5-7-11-24)33(19-26-12-8-9-13-27(26)31)29(34)21-36-20-25-16-14-22(2)15-17-25/h5-17,23,28H,4,18-21H2,1-3H3,(H,32,35)/t23-,28+/m1/s1. The molecule has 6 heteroatoms. The molecule has 0 heterocycles. The number of amides is 2. The maximum Gasteiger partial charge on any atom is 0.243 e. The Balaban J connectivity index is 1.86. The molecule has 0 fully saturated rings. The van der Waals surface area contributed by atoms with Gasteiger partial charge >= 0.3 is 0 Å². The molecule has 3 aromatic rings. The van der Waals surface area contributed by atoms with E-state index in [0.29, 0.717) is 17.7 Å². The molecule has 36 heavy (non-hydrogen) atoms. The van der Waals surface area contributed by atoms with Crippen molar-refractivity contribution in [3.8, 4) is 0 Å². The maximum absolute atomic E-state index is 14.6. The van der Waals surface area contributed by atoms with Gasteiger partial charge in [0.25, 0.3) is 0 Å². The second-order valence-electron chi connectivity index (χ2n) is 9.11. The number of benzene rings is 3. The lowest BCUT2D eigenvalue weighted by Crippen LogP contribution is -2.52. The van der Waals surface area contributed by atoms with E-state index >= 15 is 0 Å². The van der Waals surface area contributed by atoms with Crippen LogP contribution >= 0.6 is 11.8 Å². The van der Waals surface area contributed by atoms with Crippen molar-refractivity contribution in [2.24, 2.45) is 0 Å². The van der Waals surface area contributed by atoms with Crippen LogP contribution in [-0.4, -0.2) is 34.6 Å². The Kier molecular flexibility index (Phi) is 10.6. The average molecular weight is 507 g/mol. The first-order valence-electron chi connectivity index (χ1n) is 12.4. The van der Waals surface area contributed by atoms with Crippen molar-refractivity contribution in [2.75, 3.05) is 5.75 Å². The number of thioether (sulfide) groups is 1. The van der Waals surface area contributed by atoms with E-state index in [2.05, 4.69) is 29.6 Å². The fourth-order valence-corrected chi connectivity index (χ4v) is 4.70. The van der Waals surface area contributed by atoms with Crippen molar-refractivity contribution >= 4 is 23.6 Å². The molecule has 3 rings (SSSR count). The summed E-state index contributed by atoms with van der Waals surface area (Å²) in [5.41, 5.74) is 3.66. The van der Waals surface area contributed by atoms with Gasteiger partial charge in [-0.1, -0.05) is 85.3 Å². The Bertz CT molecular complexity index is 1120. The van der Waals surface area contributed by atoms with Crippen molar-refractivity contribution in [3.63, 3.8) is 0 Å². The molecule has 0 aliphatic carbocycles. The van der Waals surface area contributed by atoms with E-state index in [9.17, 15) is 14.0 Å². The average Bonchev–Trinajstić information content (AvgIpc) is 2.88. The molecule has 0 unspecified atom stereocenters. The third kappa shape index (κ3) is 8.23. The molecule has 0 aliphatic rings. The van der Waals surface area contributed by atoms with Crippen LogP contribution in [-0.2, 0) is 28.3 Å². The number of carbonyl (C=O) groups excluding carboxylic acids is 2. The lowest BCUT2D eigenvalue weighted by atomic mass is 10.0. The van der Waals surface area contributed by atoms with Gasteiger partial charge in [0.1, 0.15) is 11.9 Å². The van der Waals surface area contributed by atoms with Crippen LogP contribution in [0.25, 0.3) is 0 Å². The summed E-state index contributed by atoms with van der Waals surface area (Å²) in [6.45, 7) is 6.01. The SMILES string of the molecule is CC[C@@H](C)NC(=O)[C@H](Cc1ccccc1)N(Cc1ccccc1F)C(=O)CSCc1ccc(C)cc1. The van der Waals surface area contributed by atoms with Gasteiger partial charge in [-0.15, -0.1) is 11.8 Å². The fraction of sp³-hybridized carbons (Fsp3) is 0.333. The molecular formula is C30H35FN2O2S. The minimum Gasteiger partial charge on any atom is -0.352 e. The van der Waals surface area contributed by atoms with Gasteiger partial charge in [0.2, 0.25) is 11.8 Å². The number of aryl methyl sites for hydroxylation is 1. The smallest absolute Gasteiger partial charge is 0.243 e. The van der Waals surface area contributed by atoms with E-state index in [1.165, 1.54) is 23.4 Å². The number of nitrogens with zero attached hydrogens (tertiary/aromatic N) is 1. The van der Waals surface area contributed by atoms with Gasteiger partial charge in [-0.2, -0.15) is 0 Å². The summed E-state index contributed by atoms with van der Waals surface area (Å²) in [5.74, 6) is 0.0899. The van der Waals surface area contributed by atoms with Crippen molar-refractivity contribution in [1.82, 2.24) is 10.2 Å². The molecule has 4 nitrogen and oxygen atoms in total. The minimum absolute atomic E-state index is 0.0298. The first-order valence-corrected chi connectivity index (χ1v) is 13.5. The molecule has 0 saturated carbocycles. The third-order valence-corrected chi connectivity index (χ3v) is 7.17. The van der Waals surface area contributed by atoms with E-state index < -0.39 is 6.04 Å². The van der Waals surface area contributed by atoms with Crippen LogP contribution in [0.1, 0.15) is 42.5 Å². The third-order valence-electron chi connectivity index (χ3n) is 6.19. The molecule has 190 valence electrons. The molecule has 2 atom stereocenters. The summed E-state index contributed by atoms with van der Waals surface area (Å²) in [4.78, 5) is 28.6. The number of halogens is 1. The quantitative estimate of drug-likeness (QED) is 0.332. The van der Waals surface area contributed by atoms with Crippen LogP contribution in [0.15, 0.2) is 78.9 Å². The van der Waals surface area contributed by atoms with E-state index in [-0.39, 0.29) is 36.0 Å². The number of nitrogens with one attached hydrogen (secondary N) is 1. The number of rotatable bonds is 12. The highest BCUT2D eigenvalue weighted by atomic mass is 32.2. The molecule has 0 bridgehead atoms. The van der Waals surface area contributed by atoms with E-state index in [0.717, 1.165) is 17.5 Å². The first kappa shape index (κ1) is 27.5. The van der Waals surface area contributed by atoms with Crippen LogP contribution in [0, 0.1) is 12.7 Å². The Hall–Kier alpha value is -3.12. The zero-order valence-electron chi connectivity index (χ0n) is 21.2. The second-order valence-corrected chi connectivity index (χ2v) is 10.1. The topological polar surface area (TPSA) is 49.4 Å². The predicted octanol–water partition coefficient (Wildman–Crippen LogP) is 5.92. The lowest BCUT2D eigenvalue weighted by molar-refractivity contribution is -0.139. The Morgan fingerprint density at radius 2 is 1.61 bits per heavy atom. The van der Waals surface area contributed by atoms with Crippen molar-refractivity contribution in [3.05, 3.63) is 107 Å². The molecule has 1 N–H and O–H groups in total. The van der Waals surface area contributed by atoms with Crippen molar-refractivity contribution in [2.45, 2.75) is 58.0 Å². The van der Waals surface area contributed by atoms with Crippen LogP contribution in [0.4, 0.5) is 4.39 Å². The van der Waals surface area contributed by atoms with Crippen LogP contribution in [0.2, 0.25) is 0 Å². The summed E-state index contributed by atoms with van der Waals surface area (Å²) in [6, 6.07) is 23.5. The minimum atomic E-state index is -0.756. The predicted molar refractivity (Wildman–Crippen MR) is 146 cm³/mol. The lowest BCUT2D eigenvalue weighted by Gasteiger charge is -2.32. The highest BCUT2D eigenvalue weighted by Crippen LogP contribution is 2.20. The van der Waals surface area contributed by atoms with Gasteiger partial charge < -0.3 is 10.2 Å². The number of hydrogen-bond acceptors (Lipinski definition) is 3. The Labute approximate surface area is 218 Å². The van der Waals surface area contributed by atoms with Gasteiger partial charge in [0.15, 0.2) is 0 Å². The fourth-order valence-electron chi connectivity index (χ4n) is 3.83. The van der Waals surface area contributed by atoms with Gasteiger partial charge in [-0.05, 0) is 37.5 Å². The summed E-state index contributed by atoms with van der Waals surface area (Å²) >= 11 is 1.50. The molecule has 3 aromatic carbocycles. The molecule has 0 aromatic heterocycles. The highest BCUT2D eigenvalue weighted by molar-refractivity contribution is 7.99. The van der Waals surface area contributed by atoms with Crippen LogP contribution < -0.4 is 5.32 Å². The molecule has 0 radical (unpaired) electrons. The summed E-state index contributed by atoms with van der Waals surface area (Å²) in [6.07, 6.45) is 1.13. The van der Waals surface area contributed by atoms with E-state index in [1.807, 2.05) is 51.1 Å². The maximum atomic E-state index is 14.6. The van der Waals surface area contributed by atoms with Gasteiger partial charge in [-0.25, -0.2) is 4.39 Å². The number of carbonyl (C=O) groups is 2. The van der Waals surface area contributed by atoms with Crippen LogP contribution in [0.5, 0.6) is 0 Å². The Morgan fingerprint density at radius 3 is 2.28 bits per heavy atom. The summed E-state index contributed by atoms with van der Waals surface area (Å²) in [5, 5.41) is 3.04. The molecule has 0 spiro atoms. The molecule has 0 aliphatic heterocycles. The molecular weight excluding hydrogens is 471 g/mol. The summed E-state index contributed by atoms with van der Waals surface area (Å²) < 4.78 is 14.6. The highest BCUT2D eigenvalue weighted by Gasteiger charge is 2.31. The monoisotopic (exact) mass is 506 g/mol. The Morgan fingerprint density at radius 1 is 0.944 bits per heavy atom. The zero-order valence-corrected chi connectivity index (χ0v) is 22.1. The van der Waals surface area contributed by atoms with Crippen molar-refractivity contribution in [1.29, 1.82) is 0 Å². The van der Waals surface area contributed by atoms with Crippen LogP contribution in [0.3, 0.4) is 0 Å². The van der Waals surface area contributed by atoms with E-state index in [4.69, 9.17) is 0 Å². The van der Waals surface area contributed by atoms with Gasteiger partial charge in [0, 0.05) is 30.3 Å². The first-order chi connectivity index (χ1) is 17.4. The van der Waals surface area contributed by atoms with Gasteiger partial charge in [0.05, 0.1) is 5.75 Å². The zero-order chi connectivity index (χ0) is 25.9. The van der Waals surface area contributed by atoms with Crippen molar-refractivity contribution < 1.29 is 14.0 Å². The summed E-state index contributed by atoms with van der Waals surface area (Å²) in [7, 11) is 0. The number of hydrogen-bond donors (Lipinski definition) is 1. The molecule has 0 saturated heterocycles.